The van der Waals surface area contributed by atoms with Crippen LogP contribution in [-0.2, 0) is 0 Å². The van der Waals surface area contributed by atoms with Crippen LogP contribution in [0.2, 0.25) is 64.9 Å². The molecule has 0 spiro atoms. The van der Waals surface area contributed by atoms with Gasteiger partial charge in [-0.05, 0) is 269 Å². The predicted octanol–water partition coefficient (Wildman–Crippen LogP) is 37.1. The Balaban J connectivity index is 0.000000129. The highest BCUT2D eigenvalue weighted by Gasteiger charge is 2.09. The number of halogens is 13. The highest BCUT2D eigenvalue weighted by atomic mass is 35.5. The molecular formula is C101H84Cl13N13S4. The number of nitrogens with zero attached hydrogens (tertiary/aromatic N) is 7. The lowest BCUT2D eigenvalue weighted by Gasteiger charge is -1.98. The maximum absolute atomic E-state index is 5.89. The van der Waals surface area contributed by atoms with E-state index in [4.69, 9.17) is 151 Å². The van der Waals surface area contributed by atoms with Crippen LogP contribution in [0, 0.1) is 83.1 Å². The molecule has 17 heterocycles. The number of hydrogen-bond acceptors (Lipinski definition) is 11. The molecular weight excluding hydrogens is 1980 g/mol. The van der Waals surface area contributed by atoms with Crippen LogP contribution in [0.25, 0.3) is 118 Å². The second kappa shape index (κ2) is 47.4. The number of pyridine rings is 7. The van der Waals surface area contributed by atoms with Gasteiger partial charge in [0.25, 0.3) is 0 Å². The lowest BCUT2D eigenvalue weighted by Crippen LogP contribution is -1.80. The molecule has 0 fully saturated rings. The molecule has 6 N–H and O–H groups in total. The summed E-state index contributed by atoms with van der Waals surface area (Å²) in [7, 11) is 0. The quantitative estimate of drug-likeness (QED) is 0.0816. The Hall–Kier alpha value is -9.52. The monoisotopic (exact) mass is 2060 g/mol. The number of thiophene rings is 4. The van der Waals surface area contributed by atoms with Crippen molar-refractivity contribution >= 4 is 314 Å². The van der Waals surface area contributed by atoms with Crippen molar-refractivity contribution < 1.29 is 0 Å². The largest absolute Gasteiger partial charge is 0.360 e. The Morgan fingerprint density at radius 3 is 1.44 bits per heavy atom. The third kappa shape index (κ3) is 29.5. The number of rotatable bonds is 0. The zero-order valence-electron chi connectivity index (χ0n) is 72.4. The van der Waals surface area contributed by atoms with Gasteiger partial charge in [0.2, 0.25) is 0 Å². The zero-order valence-corrected chi connectivity index (χ0v) is 85.5. The first kappa shape index (κ1) is 100. The van der Waals surface area contributed by atoms with Crippen LogP contribution in [0.5, 0.6) is 0 Å². The van der Waals surface area contributed by atoms with E-state index in [9.17, 15) is 0 Å². The smallest absolute Gasteiger partial charge is 0.139 e. The van der Waals surface area contributed by atoms with E-state index in [1.807, 2.05) is 194 Å². The lowest BCUT2D eigenvalue weighted by molar-refractivity contribution is 1.22. The number of benzene rings is 6. The molecule has 0 saturated heterocycles. The van der Waals surface area contributed by atoms with Crippen LogP contribution >= 0.6 is 196 Å². The highest BCUT2D eigenvalue weighted by molar-refractivity contribution is 7.19. The van der Waals surface area contributed by atoms with Crippen molar-refractivity contribution in [1.82, 2.24) is 64.8 Å². The first-order valence-electron chi connectivity index (χ1n) is 40.3. The Morgan fingerprint density at radius 2 is 0.763 bits per heavy atom. The number of nitrogens with one attached hydrogen (secondary N) is 6. The average Bonchev–Trinajstić information content (AvgIpc) is 1.08. The van der Waals surface area contributed by atoms with Gasteiger partial charge in [-0.15, -0.1) is 45.3 Å². The molecule has 23 aromatic rings. The average molecular weight is 2070 g/mol. The van der Waals surface area contributed by atoms with Gasteiger partial charge in [0.15, 0.2) is 0 Å². The van der Waals surface area contributed by atoms with Crippen LogP contribution in [0.4, 0.5) is 0 Å². The molecule has 131 heavy (non-hydrogen) atoms. The van der Waals surface area contributed by atoms with Gasteiger partial charge in [0.05, 0.1) is 66.3 Å². The van der Waals surface area contributed by atoms with E-state index in [-0.39, 0.29) is 0 Å². The molecule has 0 bridgehead atoms. The van der Waals surface area contributed by atoms with Crippen LogP contribution in [0.15, 0.2) is 256 Å². The number of fused-ring (bicyclic) bond motifs is 11. The maximum atomic E-state index is 5.89. The Morgan fingerprint density at radius 1 is 0.260 bits per heavy atom. The van der Waals surface area contributed by atoms with Gasteiger partial charge in [-0.3, -0.25) is 15.0 Å². The van der Waals surface area contributed by atoms with Crippen molar-refractivity contribution in [3.05, 3.63) is 385 Å². The van der Waals surface area contributed by atoms with E-state index in [2.05, 4.69) is 173 Å². The topological polar surface area (TPSA) is 185 Å². The molecule has 0 saturated carbocycles. The van der Waals surface area contributed by atoms with Crippen molar-refractivity contribution in [2.45, 2.75) is 83.1 Å². The summed E-state index contributed by atoms with van der Waals surface area (Å²) in [6, 6.07) is 67.7. The van der Waals surface area contributed by atoms with Crippen molar-refractivity contribution in [3.8, 4) is 0 Å². The van der Waals surface area contributed by atoms with Crippen molar-refractivity contribution in [2.75, 3.05) is 0 Å². The van der Waals surface area contributed by atoms with Gasteiger partial charge in [-0.25, -0.2) is 19.9 Å². The molecule has 17 aromatic heterocycles. The standard InChI is InChI=1S/2C10H8ClN.3C9H8ClN.C9H7ClS.3C8H7ClN2.2C8H6ClNS.C5H4Cl2S/c1-7-2-4-9-8(6-7)3-5-10(11)12-9;1-7-4-8-2-3-9(11)5-10(8)12-6-7;1-6-4-7-5-8(10)2-3-9(7)11-6;2*1-6-2-3-7-8(10)5-11-9(7)4-6;1-6-4-7-2-3-8(10)5-9(7)11-6;1-5-2-8-6(3-10-5)7(9)4-11-8;1-5-2-6-3-7(9)4-10-8(6)11-5;1-5-2-3-6-7(9)4-10-8(6)11-5;1-5-2-7-8(11-5)3-6(9)4-10-7;1-5-4-6-2-3-7(9)10-8(6)11-5;1-3-4(6)2-5(7)8-3/h2*2-6H,1H3;3*2-5,11H,1H3;2-5H,1H3;2-4,11H,1H3;2*2-4H,1H3,(H,10,11);2*2-4H,1H3;2H,1H3. The summed E-state index contributed by atoms with van der Waals surface area (Å²) < 4.78 is 3.19. The maximum Gasteiger partial charge on any atom is 0.139 e. The fourth-order valence-corrected chi connectivity index (χ4v) is 19.3. The van der Waals surface area contributed by atoms with Gasteiger partial charge >= 0.3 is 0 Å². The Labute approximate surface area is 838 Å². The van der Waals surface area contributed by atoms with Gasteiger partial charge in [0, 0.05) is 177 Å². The second-order valence-corrected chi connectivity index (χ2v) is 40.7. The molecule has 0 radical (unpaired) electrons. The fraction of sp³-hybridized carbons (Fsp3) is 0.119. The minimum Gasteiger partial charge on any atom is -0.360 e. The molecule has 13 nitrogen and oxygen atoms in total. The Bertz CT molecular complexity index is 6840. The molecule has 0 aliphatic rings. The van der Waals surface area contributed by atoms with Gasteiger partial charge in [-0.1, -0.05) is 199 Å². The van der Waals surface area contributed by atoms with E-state index >= 15 is 0 Å². The molecule has 0 aliphatic heterocycles. The number of aromatic amines is 6. The van der Waals surface area contributed by atoms with Crippen molar-refractivity contribution in [3.63, 3.8) is 0 Å². The van der Waals surface area contributed by atoms with Gasteiger partial charge < -0.3 is 29.9 Å². The third-order valence-electron chi connectivity index (χ3n) is 19.1. The summed E-state index contributed by atoms with van der Waals surface area (Å²) in [5.41, 5.74) is 18.3. The molecule has 0 aliphatic carbocycles. The molecule has 0 atom stereocenters. The van der Waals surface area contributed by atoms with Crippen LogP contribution in [0.3, 0.4) is 0 Å². The number of H-pyrrole nitrogens is 6. The SMILES string of the molecule is Cc1cc2[nH]cc(Cl)c2cn1.Cc1cc2cc(Cl)ccc2[nH]1.Cc1cc2cc(Cl)cnc2[nH]1.Cc1cc2ccc(Cl)cc2s1.Cc1cc2ccc(Cl)nc2s1.Cc1cc2ncc(Cl)cc2s1.Cc1ccc2c(Cl)c[nH]c2c1.Cc1ccc2c(Cl)c[nH]c2c1.Cc1ccc2c(Cl)c[nH]c2n1.Cc1ccc2nc(Cl)ccc2c1.Cc1cnc2cc(Cl)ccc2c1.Cc1sc(Cl)cc1Cl. The number of aryl methyl sites for hydroxylation is 12. The van der Waals surface area contributed by atoms with Crippen molar-refractivity contribution in [1.29, 1.82) is 0 Å². The summed E-state index contributed by atoms with van der Waals surface area (Å²) >= 11 is 81.9. The van der Waals surface area contributed by atoms with E-state index in [1.54, 1.807) is 71.1 Å². The minimum atomic E-state index is 0.548. The van der Waals surface area contributed by atoms with Crippen LogP contribution < -0.4 is 0 Å². The van der Waals surface area contributed by atoms with Crippen LogP contribution in [0.1, 0.15) is 64.5 Å². The summed E-state index contributed by atoms with van der Waals surface area (Å²) in [5.74, 6) is 0. The zero-order chi connectivity index (χ0) is 93.9. The predicted molar refractivity (Wildman–Crippen MR) is 574 cm³/mol. The second-order valence-electron chi connectivity index (χ2n) is 30.0. The molecule has 6 aromatic carbocycles. The summed E-state index contributed by atoms with van der Waals surface area (Å²) in [5, 5.41) is 19.8. The van der Waals surface area contributed by atoms with E-state index < -0.39 is 0 Å². The van der Waals surface area contributed by atoms with E-state index in [0.29, 0.717) is 20.4 Å². The van der Waals surface area contributed by atoms with Gasteiger partial charge in [0.1, 0.15) is 26.4 Å². The summed E-state index contributed by atoms with van der Waals surface area (Å²) in [4.78, 5) is 53.9. The number of aromatic nitrogens is 13. The first-order chi connectivity index (χ1) is 62.6. The number of hydrogen-bond donors (Lipinski definition) is 6. The molecule has 30 heteroatoms. The third-order valence-corrected chi connectivity index (χ3v) is 26.5. The summed E-state index contributed by atoms with van der Waals surface area (Å²) in [6.45, 7) is 24.3. The normalized spacial score (nSPS) is 10.6. The summed E-state index contributed by atoms with van der Waals surface area (Å²) in [6.07, 6.45) is 14.1. The highest BCUT2D eigenvalue weighted by Crippen LogP contribution is 2.33. The van der Waals surface area contributed by atoms with Crippen LogP contribution in [-0.4, -0.2) is 64.8 Å². The van der Waals surface area contributed by atoms with Crippen molar-refractivity contribution in [2.24, 2.45) is 0 Å². The fourth-order valence-electron chi connectivity index (χ4n) is 13.0. The molecule has 0 amide bonds. The first-order valence-corrected chi connectivity index (χ1v) is 48.4. The Kier molecular flexibility index (Phi) is 36.4. The minimum absolute atomic E-state index is 0.548. The van der Waals surface area contributed by atoms with E-state index in [0.717, 1.165) is 164 Å². The molecule has 23 rings (SSSR count). The molecule has 668 valence electrons. The lowest BCUT2D eigenvalue weighted by atomic mass is 10.1. The molecule has 0 unspecified atom stereocenters. The van der Waals surface area contributed by atoms with Gasteiger partial charge in [-0.2, -0.15) is 0 Å². The van der Waals surface area contributed by atoms with E-state index in [1.165, 1.54) is 74.8 Å².